The third-order valence-corrected chi connectivity index (χ3v) is 5.35. The second-order valence-corrected chi connectivity index (χ2v) is 6.31. The number of aromatic nitrogens is 1. The van der Waals surface area contributed by atoms with Crippen LogP contribution in [0.1, 0.15) is 29.6 Å². The van der Waals surface area contributed by atoms with Gasteiger partial charge in [-0.3, -0.25) is 10.1 Å². The van der Waals surface area contributed by atoms with E-state index in [1.807, 2.05) is 0 Å². The van der Waals surface area contributed by atoms with Crippen LogP contribution in [0.5, 0.6) is 0 Å². The number of aromatic carboxylic acids is 1. The standard InChI is InChI=1S/C14H15N3O4/c18-14(19)9-4-8(17(20)21)5-15-13(9)16-12-10-6-1-2-7(3-6)11(10)12/h4-7,10-12H,1-3H2,(H,15,16)(H,18,19). The number of pyridine rings is 1. The number of hydrogen-bond acceptors (Lipinski definition) is 5. The van der Waals surface area contributed by atoms with Crippen LogP contribution in [0.25, 0.3) is 0 Å². The van der Waals surface area contributed by atoms with Crippen molar-refractivity contribution in [3.8, 4) is 0 Å². The van der Waals surface area contributed by atoms with Gasteiger partial charge in [0, 0.05) is 12.1 Å². The first-order chi connectivity index (χ1) is 10.1. The Hall–Kier alpha value is -2.18. The van der Waals surface area contributed by atoms with Crippen molar-refractivity contribution in [2.75, 3.05) is 5.32 Å². The molecule has 3 saturated carbocycles. The van der Waals surface area contributed by atoms with Gasteiger partial charge in [0.25, 0.3) is 5.69 Å². The fourth-order valence-corrected chi connectivity index (χ4v) is 4.51. The molecule has 7 nitrogen and oxygen atoms in total. The molecule has 1 heterocycles. The highest BCUT2D eigenvalue weighted by Gasteiger charge is 2.65. The summed E-state index contributed by atoms with van der Waals surface area (Å²) in [7, 11) is 0. The lowest BCUT2D eigenvalue weighted by Crippen LogP contribution is -2.16. The summed E-state index contributed by atoms with van der Waals surface area (Å²) in [6, 6.07) is 1.37. The number of fused-ring (bicyclic) bond motifs is 5. The maximum Gasteiger partial charge on any atom is 0.339 e. The number of nitrogens with one attached hydrogen (secondary N) is 1. The third kappa shape index (κ3) is 1.80. The Morgan fingerprint density at radius 1 is 1.38 bits per heavy atom. The quantitative estimate of drug-likeness (QED) is 0.650. The Morgan fingerprint density at radius 3 is 2.62 bits per heavy atom. The SMILES string of the molecule is O=C(O)c1cc([N+](=O)[O-])cnc1NC1C2C3CCC(C3)C12. The van der Waals surface area contributed by atoms with E-state index in [1.165, 1.54) is 19.3 Å². The number of rotatable bonds is 4. The summed E-state index contributed by atoms with van der Waals surface area (Å²) < 4.78 is 0. The number of carboxylic acid groups (broad SMARTS) is 1. The van der Waals surface area contributed by atoms with E-state index in [1.54, 1.807) is 0 Å². The third-order valence-electron chi connectivity index (χ3n) is 5.35. The van der Waals surface area contributed by atoms with Crippen LogP contribution in [0.15, 0.2) is 12.3 Å². The van der Waals surface area contributed by atoms with Crippen molar-refractivity contribution in [1.29, 1.82) is 0 Å². The van der Waals surface area contributed by atoms with Gasteiger partial charge in [0.15, 0.2) is 0 Å². The molecule has 3 aliphatic carbocycles. The van der Waals surface area contributed by atoms with Crippen molar-refractivity contribution < 1.29 is 14.8 Å². The second kappa shape index (κ2) is 4.16. The van der Waals surface area contributed by atoms with Crippen LogP contribution in [-0.4, -0.2) is 27.0 Å². The fraction of sp³-hybridized carbons (Fsp3) is 0.571. The van der Waals surface area contributed by atoms with E-state index in [9.17, 15) is 20.0 Å². The van der Waals surface area contributed by atoms with Gasteiger partial charge in [0.1, 0.15) is 17.6 Å². The van der Waals surface area contributed by atoms with Gasteiger partial charge in [-0.1, -0.05) is 0 Å². The number of anilines is 1. The summed E-state index contributed by atoms with van der Waals surface area (Å²) in [5.74, 6) is 1.88. The van der Waals surface area contributed by atoms with E-state index >= 15 is 0 Å². The topological polar surface area (TPSA) is 105 Å². The average Bonchev–Trinajstić information content (AvgIpc) is 2.83. The molecule has 21 heavy (non-hydrogen) atoms. The van der Waals surface area contributed by atoms with Gasteiger partial charge < -0.3 is 10.4 Å². The molecule has 0 aromatic carbocycles. The van der Waals surface area contributed by atoms with Gasteiger partial charge >= 0.3 is 5.97 Å². The molecular formula is C14H15N3O4. The molecule has 110 valence electrons. The Balaban J connectivity index is 1.58. The maximum atomic E-state index is 11.3. The van der Waals surface area contributed by atoms with E-state index in [0.717, 1.165) is 24.1 Å². The predicted octanol–water partition coefficient (Wildman–Crippen LogP) is 2.14. The Kier molecular flexibility index (Phi) is 2.49. The molecule has 3 fully saturated rings. The Labute approximate surface area is 120 Å². The largest absolute Gasteiger partial charge is 0.478 e. The molecular weight excluding hydrogens is 274 g/mol. The monoisotopic (exact) mass is 289 g/mol. The lowest BCUT2D eigenvalue weighted by Gasteiger charge is -2.12. The Morgan fingerprint density at radius 2 is 2.05 bits per heavy atom. The zero-order chi connectivity index (χ0) is 14.7. The minimum absolute atomic E-state index is 0.124. The summed E-state index contributed by atoms with van der Waals surface area (Å²) in [6.45, 7) is 0. The van der Waals surface area contributed by atoms with Crippen LogP contribution >= 0.6 is 0 Å². The minimum atomic E-state index is -1.19. The highest BCUT2D eigenvalue weighted by atomic mass is 16.6. The lowest BCUT2D eigenvalue weighted by atomic mass is 10.0. The van der Waals surface area contributed by atoms with E-state index in [2.05, 4.69) is 10.3 Å². The van der Waals surface area contributed by atoms with Crippen LogP contribution in [0.2, 0.25) is 0 Å². The average molecular weight is 289 g/mol. The first kappa shape index (κ1) is 12.6. The summed E-state index contributed by atoms with van der Waals surface area (Å²) in [5.41, 5.74) is -0.421. The van der Waals surface area contributed by atoms with Crippen LogP contribution in [0.4, 0.5) is 11.5 Å². The van der Waals surface area contributed by atoms with Crippen molar-refractivity contribution in [3.05, 3.63) is 27.9 Å². The summed E-state index contributed by atoms with van der Waals surface area (Å²) in [6.07, 6.45) is 4.99. The van der Waals surface area contributed by atoms with Crippen molar-refractivity contribution in [3.63, 3.8) is 0 Å². The van der Waals surface area contributed by atoms with Gasteiger partial charge in [-0.05, 0) is 42.9 Å². The molecule has 4 rings (SSSR count). The number of carbonyl (C=O) groups is 1. The van der Waals surface area contributed by atoms with Gasteiger partial charge in [0.2, 0.25) is 0 Å². The molecule has 4 atom stereocenters. The highest BCUT2D eigenvalue weighted by molar-refractivity contribution is 5.94. The minimum Gasteiger partial charge on any atom is -0.478 e. The zero-order valence-electron chi connectivity index (χ0n) is 11.2. The van der Waals surface area contributed by atoms with Crippen LogP contribution < -0.4 is 5.32 Å². The zero-order valence-corrected chi connectivity index (χ0v) is 11.2. The van der Waals surface area contributed by atoms with Crippen molar-refractivity contribution >= 4 is 17.5 Å². The molecule has 4 unspecified atom stereocenters. The lowest BCUT2D eigenvalue weighted by molar-refractivity contribution is -0.385. The summed E-state index contributed by atoms with van der Waals surface area (Å²) in [5, 5.41) is 23.2. The molecule has 0 saturated heterocycles. The number of nitro groups is 1. The van der Waals surface area contributed by atoms with Gasteiger partial charge in [-0.15, -0.1) is 0 Å². The molecule has 0 amide bonds. The van der Waals surface area contributed by atoms with Crippen molar-refractivity contribution in [1.82, 2.24) is 4.98 Å². The highest BCUT2D eigenvalue weighted by Crippen LogP contribution is 2.66. The number of carboxylic acids is 1. The number of nitrogens with zero attached hydrogens (tertiary/aromatic N) is 2. The second-order valence-electron chi connectivity index (χ2n) is 6.31. The van der Waals surface area contributed by atoms with Crippen LogP contribution in [0.3, 0.4) is 0 Å². The summed E-state index contributed by atoms with van der Waals surface area (Å²) >= 11 is 0. The normalized spacial score (nSPS) is 35.3. The molecule has 0 radical (unpaired) electrons. The van der Waals surface area contributed by atoms with Crippen molar-refractivity contribution in [2.45, 2.75) is 25.3 Å². The smallest absolute Gasteiger partial charge is 0.339 e. The maximum absolute atomic E-state index is 11.3. The van der Waals surface area contributed by atoms with Crippen LogP contribution in [0, 0.1) is 33.8 Å². The van der Waals surface area contributed by atoms with Gasteiger partial charge in [0.05, 0.1) is 4.92 Å². The van der Waals surface area contributed by atoms with E-state index in [0.29, 0.717) is 17.9 Å². The van der Waals surface area contributed by atoms with Gasteiger partial charge in [-0.2, -0.15) is 0 Å². The summed E-state index contributed by atoms with van der Waals surface area (Å²) in [4.78, 5) is 25.3. The van der Waals surface area contributed by atoms with Crippen LogP contribution in [-0.2, 0) is 0 Å². The molecule has 3 aliphatic rings. The van der Waals surface area contributed by atoms with Crippen molar-refractivity contribution in [2.24, 2.45) is 23.7 Å². The van der Waals surface area contributed by atoms with E-state index < -0.39 is 10.9 Å². The Bertz CT molecular complexity index is 631. The van der Waals surface area contributed by atoms with Gasteiger partial charge in [-0.25, -0.2) is 9.78 Å². The molecule has 0 aliphatic heterocycles. The molecule has 2 N–H and O–H groups in total. The first-order valence-electron chi connectivity index (χ1n) is 7.20. The van der Waals surface area contributed by atoms with E-state index in [4.69, 9.17) is 0 Å². The predicted molar refractivity (Wildman–Crippen MR) is 73.1 cm³/mol. The van der Waals surface area contributed by atoms with E-state index in [-0.39, 0.29) is 17.1 Å². The molecule has 1 aromatic heterocycles. The fourth-order valence-electron chi connectivity index (χ4n) is 4.51. The molecule has 0 spiro atoms. The first-order valence-corrected chi connectivity index (χ1v) is 7.20. The molecule has 2 bridgehead atoms. The molecule has 1 aromatic rings. The molecule has 7 heteroatoms. The number of hydrogen-bond donors (Lipinski definition) is 2.